The van der Waals surface area contributed by atoms with Crippen LogP contribution in [0.5, 0.6) is 0 Å². The molecular weight excluding hydrogens is 410 g/mol. The maximum atomic E-state index is 13.1. The van der Waals surface area contributed by atoms with Crippen LogP contribution >= 0.6 is 0 Å². The van der Waals surface area contributed by atoms with Gasteiger partial charge in [0.25, 0.3) is 14.3 Å². The molecule has 0 aromatic heterocycles. The van der Waals surface area contributed by atoms with E-state index in [1.165, 1.54) is 0 Å². The minimum atomic E-state index is -2.18. The van der Waals surface area contributed by atoms with Crippen LogP contribution in [-0.2, 0) is 18.1 Å². The fourth-order valence-corrected chi connectivity index (χ4v) is 12.5. The third-order valence-electron chi connectivity index (χ3n) is 6.37. The average molecular weight is 462 g/mol. The van der Waals surface area contributed by atoms with Gasteiger partial charge in [-0.1, -0.05) is 55.4 Å². The SMILES string of the molecule is CCO[Si](C)(CCCN(CC)CC(C)C(=O)O[Si](C(C)C)(C(C)C)C(C)C)OCC. The van der Waals surface area contributed by atoms with Crippen molar-refractivity contribution >= 4 is 22.8 Å². The van der Waals surface area contributed by atoms with Gasteiger partial charge in [0.05, 0.1) is 5.92 Å². The smallest absolute Gasteiger partial charge is 0.334 e. The number of hydrogen-bond acceptors (Lipinski definition) is 5. The number of nitrogens with zero attached hydrogens (tertiary/aromatic N) is 1. The van der Waals surface area contributed by atoms with Gasteiger partial charge in [-0.3, -0.25) is 4.79 Å². The van der Waals surface area contributed by atoms with Crippen molar-refractivity contribution in [1.29, 1.82) is 0 Å². The molecule has 0 saturated carbocycles. The summed E-state index contributed by atoms with van der Waals surface area (Å²) in [5.41, 5.74) is 1.24. The Labute approximate surface area is 189 Å². The van der Waals surface area contributed by atoms with Crippen LogP contribution in [0.1, 0.15) is 75.7 Å². The first-order chi connectivity index (χ1) is 13.9. The monoisotopic (exact) mass is 461 g/mol. The molecule has 0 rings (SSSR count). The molecule has 0 aromatic rings. The van der Waals surface area contributed by atoms with Gasteiger partial charge in [0.2, 0.25) is 0 Å². The van der Waals surface area contributed by atoms with Gasteiger partial charge in [0, 0.05) is 19.8 Å². The molecule has 0 amide bonds. The van der Waals surface area contributed by atoms with Crippen LogP contribution in [0.15, 0.2) is 0 Å². The minimum Gasteiger partial charge on any atom is -0.518 e. The number of carbonyl (C=O) groups excluding carboxylic acids is 1. The minimum absolute atomic E-state index is 0.0148. The topological polar surface area (TPSA) is 48.0 Å². The molecule has 0 heterocycles. The van der Waals surface area contributed by atoms with E-state index in [9.17, 15) is 4.79 Å². The second-order valence-corrected chi connectivity index (χ2v) is 18.4. The van der Waals surface area contributed by atoms with Crippen LogP contribution in [0.4, 0.5) is 0 Å². The Morgan fingerprint density at radius 1 is 0.867 bits per heavy atom. The normalized spacial score (nSPS) is 14.2. The van der Waals surface area contributed by atoms with Crippen LogP contribution in [0.25, 0.3) is 0 Å². The maximum absolute atomic E-state index is 13.1. The number of rotatable bonds is 16. The van der Waals surface area contributed by atoms with Crippen molar-refractivity contribution in [3.05, 3.63) is 0 Å². The molecule has 180 valence electrons. The molecule has 0 spiro atoms. The Hall–Kier alpha value is -0.216. The van der Waals surface area contributed by atoms with Gasteiger partial charge in [-0.25, -0.2) is 0 Å². The molecule has 0 aliphatic carbocycles. The van der Waals surface area contributed by atoms with E-state index in [2.05, 4.69) is 59.9 Å². The lowest BCUT2D eigenvalue weighted by atomic mass is 10.1. The fourth-order valence-electron chi connectivity index (χ4n) is 4.89. The molecule has 0 radical (unpaired) electrons. The molecule has 5 nitrogen and oxygen atoms in total. The van der Waals surface area contributed by atoms with Gasteiger partial charge >= 0.3 is 8.56 Å². The highest BCUT2D eigenvalue weighted by atomic mass is 28.4. The van der Waals surface area contributed by atoms with Crippen molar-refractivity contribution in [3.63, 3.8) is 0 Å². The van der Waals surface area contributed by atoms with Crippen molar-refractivity contribution in [2.75, 3.05) is 32.8 Å². The number of hydrogen-bond donors (Lipinski definition) is 0. The van der Waals surface area contributed by atoms with Gasteiger partial charge < -0.3 is 18.2 Å². The molecule has 7 heteroatoms. The van der Waals surface area contributed by atoms with Gasteiger partial charge in [0.15, 0.2) is 0 Å². The first-order valence-electron chi connectivity index (χ1n) is 12.1. The molecule has 0 saturated heterocycles. The summed E-state index contributed by atoms with van der Waals surface area (Å²) in [6, 6.07) is 0.980. The summed E-state index contributed by atoms with van der Waals surface area (Å²) in [6.45, 7) is 27.8. The molecule has 0 fully saturated rings. The van der Waals surface area contributed by atoms with E-state index in [0.717, 1.165) is 32.1 Å². The maximum Gasteiger partial charge on any atom is 0.334 e. The van der Waals surface area contributed by atoms with Crippen molar-refractivity contribution in [1.82, 2.24) is 4.90 Å². The summed E-state index contributed by atoms with van der Waals surface area (Å²) >= 11 is 0. The van der Waals surface area contributed by atoms with E-state index in [4.69, 9.17) is 13.3 Å². The lowest BCUT2D eigenvalue weighted by Crippen LogP contribution is -2.50. The van der Waals surface area contributed by atoms with E-state index >= 15 is 0 Å². The second-order valence-electron chi connectivity index (χ2n) is 9.64. The van der Waals surface area contributed by atoms with E-state index < -0.39 is 16.9 Å². The first kappa shape index (κ1) is 29.8. The number of carbonyl (C=O) groups is 1. The van der Waals surface area contributed by atoms with E-state index in [1.807, 2.05) is 20.8 Å². The van der Waals surface area contributed by atoms with Crippen LogP contribution in [0.2, 0.25) is 29.2 Å². The predicted molar refractivity (Wildman–Crippen MR) is 133 cm³/mol. The van der Waals surface area contributed by atoms with Crippen LogP contribution < -0.4 is 0 Å². The fraction of sp³-hybridized carbons (Fsp3) is 0.957. The zero-order valence-corrected chi connectivity index (χ0v) is 23.8. The van der Waals surface area contributed by atoms with Gasteiger partial charge in [-0.15, -0.1) is 0 Å². The largest absolute Gasteiger partial charge is 0.518 e. The molecule has 0 N–H and O–H groups in total. The third-order valence-corrected chi connectivity index (χ3v) is 15.4. The Kier molecular flexibility index (Phi) is 13.9. The summed E-state index contributed by atoms with van der Waals surface area (Å²) in [6.07, 6.45) is 1.03. The molecule has 1 atom stereocenters. The second kappa shape index (κ2) is 14.0. The lowest BCUT2D eigenvalue weighted by molar-refractivity contribution is -0.140. The van der Waals surface area contributed by atoms with Crippen LogP contribution in [-0.4, -0.2) is 60.6 Å². The van der Waals surface area contributed by atoms with Crippen LogP contribution in [0, 0.1) is 5.92 Å². The highest BCUT2D eigenvalue weighted by molar-refractivity contribution is 6.78. The third kappa shape index (κ3) is 8.73. The predicted octanol–water partition coefficient (Wildman–Crippen LogP) is 6.20. The van der Waals surface area contributed by atoms with Gasteiger partial charge in [-0.2, -0.15) is 0 Å². The Balaban J connectivity index is 4.94. The van der Waals surface area contributed by atoms with Crippen molar-refractivity contribution in [2.24, 2.45) is 5.92 Å². The van der Waals surface area contributed by atoms with Crippen LogP contribution in [0.3, 0.4) is 0 Å². The Morgan fingerprint density at radius 2 is 1.33 bits per heavy atom. The molecule has 0 bridgehead atoms. The van der Waals surface area contributed by atoms with E-state index in [-0.39, 0.29) is 11.9 Å². The lowest BCUT2D eigenvalue weighted by Gasteiger charge is -2.42. The van der Waals surface area contributed by atoms with Gasteiger partial charge in [-0.05, 0) is 62.6 Å². The Bertz CT molecular complexity index is 458. The first-order valence-corrected chi connectivity index (χ1v) is 16.8. The Morgan fingerprint density at radius 3 is 1.70 bits per heavy atom. The molecule has 30 heavy (non-hydrogen) atoms. The quantitative estimate of drug-likeness (QED) is 0.256. The van der Waals surface area contributed by atoms with Gasteiger partial charge in [0.1, 0.15) is 0 Å². The van der Waals surface area contributed by atoms with Crippen molar-refractivity contribution < 1.29 is 18.1 Å². The molecule has 1 unspecified atom stereocenters. The standard InChI is InChI=1S/C23H51NO4Si2/c1-12-24(16-15-17-29(11,26-13-2)27-14-3)18-22(10)23(25)28-30(19(4)5,20(6)7)21(8)9/h19-22H,12-18H2,1-11H3. The molecule has 0 aromatic carbocycles. The summed E-state index contributed by atoms with van der Waals surface area (Å²) in [7, 11) is -4.25. The van der Waals surface area contributed by atoms with Crippen molar-refractivity contribution in [3.8, 4) is 0 Å². The highest BCUT2D eigenvalue weighted by Gasteiger charge is 2.48. The van der Waals surface area contributed by atoms with E-state index in [1.54, 1.807) is 0 Å². The summed E-state index contributed by atoms with van der Waals surface area (Å²) < 4.78 is 18.3. The summed E-state index contributed by atoms with van der Waals surface area (Å²) in [5, 5.41) is 0. The summed E-state index contributed by atoms with van der Waals surface area (Å²) in [4.78, 5) is 15.4. The van der Waals surface area contributed by atoms with E-state index in [0.29, 0.717) is 29.8 Å². The summed E-state index contributed by atoms with van der Waals surface area (Å²) in [5.74, 6) is -0.130. The zero-order chi connectivity index (χ0) is 23.5. The molecule has 0 aliphatic heterocycles. The molecular formula is C23H51NO4Si2. The molecule has 0 aliphatic rings. The zero-order valence-electron chi connectivity index (χ0n) is 21.8. The highest BCUT2D eigenvalue weighted by Crippen LogP contribution is 2.42. The van der Waals surface area contributed by atoms with Crippen molar-refractivity contribution in [2.45, 2.75) is 105 Å². The average Bonchev–Trinajstić information content (AvgIpc) is 2.64.